The van der Waals surface area contributed by atoms with E-state index in [0.29, 0.717) is 35.9 Å². The molecule has 0 amide bonds. The quantitative estimate of drug-likeness (QED) is 0.251. The van der Waals surface area contributed by atoms with Gasteiger partial charge in [0.25, 0.3) is 0 Å². The Morgan fingerprint density at radius 2 is 1.49 bits per heavy atom. The molecule has 2 aromatic carbocycles. The fraction of sp³-hybridized carbons (Fsp3) is 0.357. The summed E-state index contributed by atoms with van der Waals surface area (Å²) in [7, 11) is 0. The first-order valence-corrected chi connectivity index (χ1v) is 12.0. The van der Waals surface area contributed by atoms with Gasteiger partial charge in [0.2, 0.25) is 0 Å². The zero-order chi connectivity index (χ0) is 24.4. The van der Waals surface area contributed by atoms with Crippen LogP contribution in [0.3, 0.4) is 0 Å². The van der Waals surface area contributed by atoms with Crippen LogP contribution < -0.4 is 16.2 Å². The number of benzene rings is 2. The fourth-order valence-corrected chi connectivity index (χ4v) is 7.70. The molecule has 4 aliphatic carbocycles. The maximum Gasteiger partial charge on any atom is 0.317 e. The third-order valence-electron chi connectivity index (χ3n) is 8.63. The van der Waals surface area contributed by atoms with Gasteiger partial charge in [-0.15, -0.1) is 0 Å². The Balaban J connectivity index is 1.48. The Morgan fingerprint density at radius 1 is 0.886 bits per heavy atom. The van der Waals surface area contributed by atoms with Gasteiger partial charge < -0.3 is 26.4 Å². The molecule has 7 heteroatoms. The van der Waals surface area contributed by atoms with Crippen LogP contribution in [-0.4, -0.2) is 21.2 Å². The predicted molar refractivity (Wildman–Crippen MR) is 132 cm³/mol. The lowest BCUT2D eigenvalue weighted by atomic mass is 9.37. The number of hydrogen-bond acceptors (Lipinski definition) is 7. The van der Waals surface area contributed by atoms with Crippen LogP contribution in [0.4, 0.5) is 11.4 Å². The first-order chi connectivity index (χ1) is 16.7. The van der Waals surface area contributed by atoms with Crippen molar-refractivity contribution in [1.29, 1.82) is 0 Å². The van der Waals surface area contributed by atoms with Crippen LogP contribution in [0.2, 0.25) is 0 Å². The van der Waals surface area contributed by atoms with Gasteiger partial charge in [-0.1, -0.05) is 12.1 Å². The maximum absolute atomic E-state index is 13.9. The largest absolute Gasteiger partial charge is 0.506 e. The summed E-state index contributed by atoms with van der Waals surface area (Å²) in [6.45, 7) is 0. The standard InChI is InChI=1S/C28H29N3O4/c29-21-8-18(3-5-23(21)32)26-10-17-11-27(14-26,19-4-6-24(33)22(30)9-19)16-28(12-17,15-26)25(34)35-20-2-1-7-31-13-20/h1-9,13,17,32-33H,10-12,14-16,29-30H2. The number of rotatable bonds is 4. The third-order valence-corrected chi connectivity index (χ3v) is 8.63. The molecular formula is C28H29N3O4. The molecule has 4 saturated carbocycles. The summed E-state index contributed by atoms with van der Waals surface area (Å²) < 4.78 is 5.92. The van der Waals surface area contributed by atoms with Gasteiger partial charge in [0, 0.05) is 6.20 Å². The van der Waals surface area contributed by atoms with E-state index >= 15 is 0 Å². The molecule has 1 heterocycles. The maximum atomic E-state index is 13.9. The van der Waals surface area contributed by atoms with E-state index in [4.69, 9.17) is 16.2 Å². The number of hydrogen-bond donors (Lipinski definition) is 4. The lowest BCUT2D eigenvalue weighted by Crippen LogP contribution is -2.63. The number of nitrogens with zero attached hydrogens (tertiary/aromatic N) is 1. The van der Waals surface area contributed by atoms with Gasteiger partial charge in [-0.25, -0.2) is 0 Å². The highest BCUT2D eigenvalue weighted by atomic mass is 16.5. The normalized spacial score (nSPS) is 30.8. The van der Waals surface area contributed by atoms with Gasteiger partial charge in [0.15, 0.2) is 0 Å². The average Bonchev–Trinajstić information content (AvgIpc) is 2.82. The number of aromatic hydroxyl groups is 2. The summed E-state index contributed by atoms with van der Waals surface area (Å²) in [4.78, 5) is 18.0. The molecule has 6 N–H and O–H groups in total. The number of ether oxygens (including phenoxy) is 1. The second-order valence-electron chi connectivity index (χ2n) is 11.0. The van der Waals surface area contributed by atoms with Crippen molar-refractivity contribution in [3.05, 3.63) is 72.1 Å². The minimum Gasteiger partial charge on any atom is -0.506 e. The number of aromatic nitrogens is 1. The fourth-order valence-electron chi connectivity index (χ4n) is 7.70. The molecule has 4 bridgehead atoms. The average molecular weight is 472 g/mol. The van der Waals surface area contributed by atoms with Crippen molar-refractivity contribution in [1.82, 2.24) is 4.98 Å². The van der Waals surface area contributed by atoms with Crippen molar-refractivity contribution in [2.24, 2.45) is 11.3 Å². The lowest BCUT2D eigenvalue weighted by Gasteiger charge is -2.66. The zero-order valence-electron chi connectivity index (χ0n) is 19.4. The van der Waals surface area contributed by atoms with E-state index in [-0.39, 0.29) is 28.3 Å². The summed E-state index contributed by atoms with van der Waals surface area (Å²) in [6, 6.07) is 14.4. The van der Waals surface area contributed by atoms with E-state index in [1.807, 2.05) is 24.3 Å². The topological polar surface area (TPSA) is 132 Å². The van der Waals surface area contributed by atoms with Crippen LogP contribution in [0.15, 0.2) is 60.9 Å². The van der Waals surface area contributed by atoms with E-state index in [1.165, 1.54) is 0 Å². The number of anilines is 2. The lowest BCUT2D eigenvalue weighted by molar-refractivity contribution is -0.167. The number of pyridine rings is 1. The smallest absolute Gasteiger partial charge is 0.317 e. The molecule has 3 aromatic rings. The molecule has 0 saturated heterocycles. The molecule has 7 nitrogen and oxygen atoms in total. The number of carbonyl (C=O) groups excluding carboxylic acids is 1. The Labute approximate surface area is 203 Å². The van der Waals surface area contributed by atoms with E-state index < -0.39 is 5.41 Å². The number of carbonyl (C=O) groups is 1. The van der Waals surface area contributed by atoms with Crippen molar-refractivity contribution in [2.45, 2.75) is 49.4 Å². The second kappa shape index (κ2) is 7.38. The number of esters is 1. The van der Waals surface area contributed by atoms with Crippen molar-refractivity contribution in [3.63, 3.8) is 0 Å². The van der Waals surface area contributed by atoms with Crippen LogP contribution in [-0.2, 0) is 15.6 Å². The molecule has 7 rings (SSSR count). The van der Waals surface area contributed by atoms with Crippen LogP contribution in [0.1, 0.15) is 49.7 Å². The molecular weight excluding hydrogens is 442 g/mol. The van der Waals surface area contributed by atoms with Crippen LogP contribution in [0.25, 0.3) is 0 Å². The SMILES string of the molecule is Nc1cc(C23CC4CC(C(=O)Oc5cccnc5)(C2)CC(c2ccc(O)c(N)c2)(C4)C3)ccc1O. The Bertz CT molecular complexity index is 1260. The number of nitrogen functional groups attached to an aromatic ring is 2. The summed E-state index contributed by atoms with van der Waals surface area (Å²) in [6.07, 6.45) is 8.05. The highest BCUT2D eigenvalue weighted by Crippen LogP contribution is 2.71. The molecule has 0 spiro atoms. The van der Waals surface area contributed by atoms with Crippen molar-refractivity contribution in [2.75, 3.05) is 11.5 Å². The molecule has 4 fully saturated rings. The third kappa shape index (κ3) is 3.32. The molecule has 0 aliphatic heterocycles. The van der Waals surface area contributed by atoms with Gasteiger partial charge in [0.1, 0.15) is 17.2 Å². The number of nitrogens with two attached hydrogens (primary N) is 2. The van der Waals surface area contributed by atoms with Crippen molar-refractivity contribution < 1.29 is 19.7 Å². The van der Waals surface area contributed by atoms with E-state index in [1.54, 1.807) is 36.7 Å². The van der Waals surface area contributed by atoms with Crippen LogP contribution in [0, 0.1) is 11.3 Å². The summed E-state index contributed by atoms with van der Waals surface area (Å²) in [5, 5.41) is 20.1. The van der Waals surface area contributed by atoms with E-state index in [0.717, 1.165) is 36.8 Å². The van der Waals surface area contributed by atoms with Gasteiger partial charge >= 0.3 is 5.97 Å². The molecule has 1 aromatic heterocycles. The van der Waals surface area contributed by atoms with Crippen molar-refractivity contribution in [3.8, 4) is 17.2 Å². The van der Waals surface area contributed by atoms with Gasteiger partial charge in [-0.05, 0) is 103 Å². The van der Waals surface area contributed by atoms with Crippen LogP contribution in [0.5, 0.6) is 17.2 Å². The second-order valence-corrected chi connectivity index (χ2v) is 11.0. The van der Waals surface area contributed by atoms with Crippen LogP contribution >= 0.6 is 0 Å². The minimum atomic E-state index is -0.672. The molecule has 2 atom stereocenters. The van der Waals surface area contributed by atoms with Crippen molar-refractivity contribution >= 4 is 17.3 Å². The molecule has 180 valence electrons. The Morgan fingerprint density at radius 3 is 2.00 bits per heavy atom. The highest BCUT2D eigenvalue weighted by Gasteiger charge is 2.67. The minimum absolute atomic E-state index is 0.0604. The van der Waals surface area contributed by atoms with E-state index in [2.05, 4.69) is 4.98 Å². The molecule has 0 radical (unpaired) electrons. The Hall–Kier alpha value is -3.74. The predicted octanol–water partition coefficient (Wildman–Crippen LogP) is 4.42. The van der Waals surface area contributed by atoms with E-state index in [9.17, 15) is 15.0 Å². The number of phenols is 2. The summed E-state index contributed by atoms with van der Waals surface area (Å²) in [5.74, 6) is 0.661. The summed E-state index contributed by atoms with van der Waals surface area (Å²) >= 11 is 0. The first kappa shape index (κ1) is 21.8. The number of phenolic OH excluding ortho intramolecular Hbond substituents is 2. The zero-order valence-corrected chi connectivity index (χ0v) is 19.4. The summed E-state index contributed by atoms with van der Waals surface area (Å²) in [5.41, 5.74) is 13.8. The highest BCUT2D eigenvalue weighted by molar-refractivity contribution is 5.81. The monoisotopic (exact) mass is 471 g/mol. The van der Waals surface area contributed by atoms with Gasteiger partial charge in [-0.3, -0.25) is 9.78 Å². The first-order valence-electron chi connectivity index (χ1n) is 12.0. The Kier molecular flexibility index (Phi) is 4.59. The van der Waals surface area contributed by atoms with Gasteiger partial charge in [0.05, 0.1) is 23.0 Å². The van der Waals surface area contributed by atoms with Gasteiger partial charge in [-0.2, -0.15) is 0 Å². The molecule has 4 aliphatic rings. The molecule has 2 unspecified atom stereocenters. The molecule has 35 heavy (non-hydrogen) atoms.